The summed E-state index contributed by atoms with van der Waals surface area (Å²) in [6.45, 7) is 12.2. The van der Waals surface area contributed by atoms with Gasteiger partial charge in [-0.2, -0.15) is 0 Å². The van der Waals surface area contributed by atoms with E-state index in [2.05, 4.69) is 34.6 Å². The molecule has 0 fully saturated rings. The first-order valence-corrected chi connectivity index (χ1v) is 7.54. The lowest BCUT2D eigenvalue weighted by molar-refractivity contribution is -0.149. The Labute approximate surface area is 119 Å². The predicted molar refractivity (Wildman–Crippen MR) is 79.2 cm³/mol. The average Bonchev–Trinajstić information content (AvgIpc) is 2.25. The van der Waals surface area contributed by atoms with Crippen molar-refractivity contribution in [1.82, 2.24) is 0 Å². The molecule has 0 rings (SSSR count). The smallest absolute Gasteiger partial charge is 0.332 e. The Morgan fingerprint density at radius 3 is 2.26 bits per heavy atom. The minimum absolute atomic E-state index is 0.0855. The second-order valence-electron chi connectivity index (χ2n) is 6.85. The summed E-state index contributed by atoms with van der Waals surface area (Å²) < 4.78 is 10.3. The Kier molecular flexibility index (Phi) is 9.94. The Morgan fingerprint density at radius 1 is 1.05 bits per heavy atom. The van der Waals surface area contributed by atoms with Gasteiger partial charge in [-0.15, -0.1) is 0 Å². The molecule has 0 N–H and O–H groups in total. The van der Waals surface area contributed by atoms with Crippen LogP contribution in [0.25, 0.3) is 0 Å². The molecule has 3 nitrogen and oxygen atoms in total. The van der Waals surface area contributed by atoms with Crippen molar-refractivity contribution in [2.24, 2.45) is 11.3 Å². The molecule has 0 aromatic rings. The minimum Gasteiger partial charge on any atom is -0.464 e. The molecular formula is C16H32O3. The highest BCUT2D eigenvalue weighted by molar-refractivity contribution is 5.70. The molecule has 0 saturated carbocycles. The second-order valence-corrected chi connectivity index (χ2v) is 6.85. The third-order valence-electron chi connectivity index (χ3n) is 2.76. The number of carbonyl (C=O) groups excluding carboxylic acids is 1. The molecule has 3 heteroatoms. The van der Waals surface area contributed by atoms with E-state index >= 15 is 0 Å². The third kappa shape index (κ3) is 15.4. The van der Waals surface area contributed by atoms with E-state index in [1.54, 1.807) is 0 Å². The molecule has 0 aromatic carbocycles. The summed E-state index contributed by atoms with van der Waals surface area (Å²) in [6.07, 6.45) is 5.83. The van der Waals surface area contributed by atoms with Crippen LogP contribution in [0.5, 0.6) is 0 Å². The quantitative estimate of drug-likeness (QED) is 0.441. The van der Waals surface area contributed by atoms with Gasteiger partial charge in [-0.05, 0) is 24.2 Å². The highest BCUT2D eigenvalue weighted by atomic mass is 16.6. The Hall–Kier alpha value is -0.570. The number of hydrogen-bond acceptors (Lipinski definition) is 3. The molecule has 114 valence electrons. The fraction of sp³-hybridized carbons (Fsp3) is 0.938. The Morgan fingerprint density at radius 2 is 1.68 bits per heavy atom. The van der Waals surface area contributed by atoms with Crippen molar-refractivity contribution in [2.75, 3.05) is 19.8 Å². The zero-order valence-corrected chi connectivity index (χ0v) is 13.5. The van der Waals surface area contributed by atoms with Crippen molar-refractivity contribution in [3.8, 4) is 0 Å². The lowest BCUT2D eigenvalue weighted by Crippen LogP contribution is -2.15. The van der Waals surface area contributed by atoms with Crippen LogP contribution in [0.1, 0.15) is 66.7 Å². The molecular weight excluding hydrogens is 240 g/mol. The number of esters is 1. The van der Waals surface area contributed by atoms with E-state index in [9.17, 15) is 4.79 Å². The van der Waals surface area contributed by atoms with Crippen LogP contribution in [-0.2, 0) is 14.3 Å². The van der Waals surface area contributed by atoms with Gasteiger partial charge in [0.05, 0.1) is 6.61 Å². The van der Waals surface area contributed by atoms with Crippen molar-refractivity contribution in [3.63, 3.8) is 0 Å². The van der Waals surface area contributed by atoms with Gasteiger partial charge >= 0.3 is 5.97 Å². The van der Waals surface area contributed by atoms with Crippen LogP contribution < -0.4 is 0 Å². The predicted octanol–water partition coefficient (Wildman–Crippen LogP) is 4.20. The maximum absolute atomic E-state index is 11.3. The van der Waals surface area contributed by atoms with Gasteiger partial charge in [-0.1, -0.05) is 53.9 Å². The highest BCUT2D eigenvalue weighted by Crippen LogP contribution is 2.22. The van der Waals surface area contributed by atoms with Gasteiger partial charge in [0.15, 0.2) is 0 Å². The van der Waals surface area contributed by atoms with Gasteiger partial charge in [-0.3, -0.25) is 0 Å². The minimum atomic E-state index is -0.240. The summed E-state index contributed by atoms with van der Waals surface area (Å²) in [5.41, 5.74) is 0.431. The zero-order chi connectivity index (χ0) is 14.7. The molecule has 0 aliphatic carbocycles. The summed E-state index contributed by atoms with van der Waals surface area (Å²) >= 11 is 0. The molecule has 0 unspecified atom stereocenters. The fourth-order valence-electron chi connectivity index (χ4n) is 1.72. The molecule has 0 atom stereocenters. The lowest BCUT2D eigenvalue weighted by atomic mass is 9.89. The van der Waals surface area contributed by atoms with Crippen LogP contribution in [-0.4, -0.2) is 25.8 Å². The normalized spacial score (nSPS) is 11.9. The Balaban J connectivity index is 3.28. The number of rotatable bonds is 10. The van der Waals surface area contributed by atoms with Gasteiger partial charge in [0.1, 0.15) is 6.61 Å². The van der Waals surface area contributed by atoms with Crippen molar-refractivity contribution >= 4 is 5.97 Å². The maximum Gasteiger partial charge on any atom is 0.332 e. The summed E-state index contributed by atoms with van der Waals surface area (Å²) in [6, 6.07) is 0. The van der Waals surface area contributed by atoms with Gasteiger partial charge in [-0.25, -0.2) is 4.79 Å². The Bertz CT molecular complexity index is 229. The zero-order valence-electron chi connectivity index (χ0n) is 13.5. The fourth-order valence-corrected chi connectivity index (χ4v) is 1.72. The largest absolute Gasteiger partial charge is 0.464 e. The van der Waals surface area contributed by atoms with Crippen molar-refractivity contribution in [3.05, 3.63) is 0 Å². The van der Waals surface area contributed by atoms with Gasteiger partial charge in [0.2, 0.25) is 0 Å². The maximum atomic E-state index is 11.3. The van der Waals surface area contributed by atoms with Crippen molar-refractivity contribution < 1.29 is 14.3 Å². The van der Waals surface area contributed by atoms with Crippen LogP contribution >= 0.6 is 0 Å². The summed E-state index contributed by atoms with van der Waals surface area (Å²) in [5, 5.41) is 0. The number of carbonyl (C=O) groups is 1. The summed E-state index contributed by atoms with van der Waals surface area (Å²) in [5.74, 6) is 0.214. The lowest BCUT2D eigenvalue weighted by Gasteiger charge is -2.17. The molecule has 0 aliphatic heterocycles. The van der Waals surface area contributed by atoms with Crippen LogP contribution in [0.3, 0.4) is 0 Å². The van der Waals surface area contributed by atoms with E-state index in [1.165, 1.54) is 19.3 Å². The van der Waals surface area contributed by atoms with E-state index < -0.39 is 0 Å². The van der Waals surface area contributed by atoms with Crippen LogP contribution in [0.4, 0.5) is 0 Å². The van der Waals surface area contributed by atoms with E-state index in [-0.39, 0.29) is 12.6 Å². The number of hydrogen-bond donors (Lipinski definition) is 0. The summed E-state index contributed by atoms with van der Waals surface area (Å²) in [4.78, 5) is 11.3. The SMILES string of the molecule is CC(C)COCC(=O)OCCCCCCC(C)(C)C. The molecule has 0 saturated heterocycles. The van der Waals surface area contributed by atoms with Gasteiger partial charge < -0.3 is 9.47 Å². The highest BCUT2D eigenvalue weighted by Gasteiger charge is 2.08. The van der Waals surface area contributed by atoms with Gasteiger partial charge in [0, 0.05) is 6.61 Å². The molecule has 0 bridgehead atoms. The van der Waals surface area contributed by atoms with E-state index in [0.717, 1.165) is 12.8 Å². The van der Waals surface area contributed by atoms with Crippen molar-refractivity contribution in [2.45, 2.75) is 66.7 Å². The standard InChI is InChI=1S/C16H32O3/c1-14(2)12-18-13-15(17)19-11-9-7-6-8-10-16(3,4)5/h14H,6-13H2,1-5H3. The first kappa shape index (κ1) is 18.4. The summed E-state index contributed by atoms with van der Waals surface area (Å²) in [7, 11) is 0. The second kappa shape index (κ2) is 10.2. The molecule has 0 aliphatic rings. The van der Waals surface area contributed by atoms with E-state index in [4.69, 9.17) is 9.47 Å². The molecule has 0 aromatic heterocycles. The van der Waals surface area contributed by atoms with Crippen LogP contribution in [0, 0.1) is 11.3 Å². The van der Waals surface area contributed by atoms with Crippen molar-refractivity contribution in [1.29, 1.82) is 0 Å². The van der Waals surface area contributed by atoms with Crippen LogP contribution in [0.2, 0.25) is 0 Å². The molecule has 19 heavy (non-hydrogen) atoms. The van der Waals surface area contributed by atoms with E-state index in [1.807, 2.05) is 0 Å². The van der Waals surface area contributed by atoms with E-state index in [0.29, 0.717) is 24.5 Å². The monoisotopic (exact) mass is 272 g/mol. The molecule has 0 amide bonds. The number of unbranched alkanes of at least 4 members (excludes halogenated alkanes) is 3. The molecule has 0 radical (unpaired) electrons. The number of ether oxygens (including phenoxy) is 2. The topological polar surface area (TPSA) is 35.5 Å². The average molecular weight is 272 g/mol. The van der Waals surface area contributed by atoms with Gasteiger partial charge in [0.25, 0.3) is 0 Å². The first-order chi connectivity index (χ1) is 8.81. The molecule has 0 spiro atoms. The van der Waals surface area contributed by atoms with Crippen LogP contribution in [0.15, 0.2) is 0 Å². The molecule has 0 heterocycles. The third-order valence-corrected chi connectivity index (χ3v) is 2.76. The first-order valence-electron chi connectivity index (χ1n) is 7.54.